The molecule has 4 nitrogen and oxygen atoms in total. The zero-order valence-electron chi connectivity index (χ0n) is 14.2. The van der Waals surface area contributed by atoms with Gasteiger partial charge in [0, 0.05) is 6.92 Å². The number of hydrogen-bond acceptors (Lipinski definition) is 4. The van der Waals surface area contributed by atoms with Crippen LogP contribution in [0, 0.1) is 0 Å². The van der Waals surface area contributed by atoms with Crippen LogP contribution in [-0.4, -0.2) is 23.6 Å². The maximum Gasteiger partial charge on any atom is 0.310 e. The van der Waals surface area contributed by atoms with Crippen molar-refractivity contribution in [2.24, 2.45) is 0 Å². The predicted molar refractivity (Wildman–Crippen MR) is 86.4 cm³/mol. The second-order valence-corrected chi connectivity index (χ2v) is 6.15. The Morgan fingerprint density at radius 3 is 2.50 bits per heavy atom. The fraction of sp³-hybridized carbons (Fsp3) is 0.778. The van der Waals surface area contributed by atoms with E-state index in [0.29, 0.717) is 6.42 Å². The topological polar surface area (TPSA) is 52.6 Å². The number of hydrogen-bond donors (Lipinski definition) is 0. The minimum absolute atomic E-state index is 0.164. The van der Waals surface area contributed by atoms with Crippen molar-refractivity contribution in [3.05, 3.63) is 12.2 Å². The van der Waals surface area contributed by atoms with E-state index < -0.39 is 0 Å². The predicted octanol–water partition coefficient (Wildman–Crippen LogP) is 4.32. The van der Waals surface area contributed by atoms with E-state index in [1.54, 1.807) is 0 Å². The molecule has 0 radical (unpaired) electrons. The van der Waals surface area contributed by atoms with Crippen molar-refractivity contribution >= 4 is 11.9 Å². The van der Waals surface area contributed by atoms with Crippen LogP contribution in [0.15, 0.2) is 12.2 Å². The number of rotatable bonds is 9. The SMILES string of the molecule is C/C=C\CCCC(CC(=O)OC1(CC)CCCC1)OC(C)=O. The number of carbonyl (C=O) groups is 2. The van der Waals surface area contributed by atoms with Crippen molar-refractivity contribution in [2.45, 2.75) is 90.3 Å². The second kappa shape index (κ2) is 9.65. The van der Waals surface area contributed by atoms with Crippen LogP contribution in [0.4, 0.5) is 0 Å². The molecule has 0 heterocycles. The van der Waals surface area contributed by atoms with E-state index in [2.05, 4.69) is 13.0 Å². The lowest BCUT2D eigenvalue weighted by Gasteiger charge is -2.28. The van der Waals surface area contributed by atoms with Crippen molar-refractivity contribution in [2.75, 3.05) is 0 Å². The summed E-state index contributed by atoms with van der Waals surface area (Å²) in [6.07, 6.45) is 11.4. The number of allylic oxidation sites excluding steroid dienone is 2. The average Bonchev–Trinajstić information content (AvgIpc) is 2.91. The molecule has 4 heteroatoms. The van der Waals surface area contributed by atoms with Crippen molar-refractivity contribution in [3.8, 4) is 0 Å². The summed E-state index contributed by atoms with van der Waals surface area (Å²) in [5, 5.41) is 0. The number of esters is 2. The summed E-state index contributed by atoms with van der Waals surface area (Å²) in [4.78, 5) is 23.4. The summed E-state index contributed by atoms with van der Waals surface area (Å²) in [5.74, 6) is -0.573. The molecule has 0 aliphatic heterocycles. The summed E-state index contributed by atoms with van der Waals surface area (Å²) < 4.78 is 11.0. The Balaban J connectivity index is 2.48. The van der Waals surface area contributed by atoms with Crippen LogP contribution in [0.5, 0.6) is 0 Å². The normalized spacial score (nSPS) is 18.3. The molecule has 1 unspecified atom stereocenters. The van der Waals surface area contributed by atoms with E-state index in [1.807, 2.05) is 13.0 Å². The standard InChI is InChI=1S/C18H30O4/c1-4-6-7-8-11-16(21-15(3)19)14-17(20)22-18(5-2)12-9-10-13-18/h4,6,16H,5,7-14H2,1-3H3/b6-4-. The molecular weight excluding hydrogens is 280 g/mol. The van der Waals surface area contributed by atoms with E-state index in [-0.39, 0.29) is 30.1 Å². The molecular formula is C18H30O4. The maximum atomic E-state index is 12.2. The van der Waals surface area contributed by atoms with Crippen LogP contribution >= 0.6 is 0 Å². The zero-order chi connectivity index (χ0) is 16.4. The average molecular weight is 310 g/mol. The van der Waals surface area contributed by atoms with Crippen molar-refractivity contribution < 1.29 is 19.1 Å². The molecule has 1 saturated carbocycles. The largest absolute Gasteiger partial charge is 0.462 e. The van der Waals surface area contributed by atoms with Gasteiger partial charge in [0.2, 0.25) is 0 Å². The third-order valence-corrected chi connectivity index (χ3v) is 4.35. The highest BCUT2D eigenvalue weighted by Gasteiger charge is 2.36. The highest BCUT2D eigenvalue weighted by Crippen LogP contribution is 2.36. The minimum Gasteiger partial charge on any atom is -0.462 e. The Morgan fingerprint density at radius 2 is 1.95 bits per heavy atom. The highest BCUT2D eigenvalue weighted by atomic mass is 16.6. The Hall–Kier alpha value is -1.32. The minimum atomic E-state index is -0.370. The molecule has 0 aromatic heterocycles. The molecule has 0 amide bonds. The van der Waals surface area contributed by atoms with Crippen LogP contribution in [0.2, 0.25) is 0 Å². The molecule has 0 aromatic rings. The van der Waals surface area contributed by atoms with E-state index in [1.165, 1.54) is 6.92 Å². The van der Waals surface area contributed by atoms with Gasteiger partial charge in [-0.1, -0.05) is 19.1 Å². The quantitative estimate of drug-likeness (QED) is 0.361. The molecule has 126 valence electrons. The lowest BCUT2D eigenvalue weighted by Crippen LogP contribution is -2.33. The van der Waals surface area contributed by atoms with Crippen molar-refractivity contribution in [1.29, 1.82) is 0 Å². The maximum absolute atomic E-state index is 12.2. The highest BCUT2D eigenvalue weighted by molar-refractivity contribution is 5.72. The summed E-state index contributed by atoms with van der Waals surface area (Å²) in [7, 11) is 0. The van der Waals surface area contributed by atoms with Crippen LogP contribution in [0.1, 0.15) is 78.6 Å². The van der Waals surface area contributed by atoms with Gasteiger partial charge in [0.15, 0.2) is 0 Å². The smallest absolute Gasteiger partial charge is 0.310 e. The zero-order valence-corrected chi connectivity index (χ0v) is 14.2. The van der Waals surface area contributed by atoms with E-state index in [9.17, 15) is 9.59 Å². The van der Waals surface area contributed by atoms with Crippen LogP contribution in [-0.2, 0) is 19.1 Å². The lowest BCUT2D eigenvalue weighted by atomic mass is 9.98. The summed E-state index contributed by atoms with van der Waals surface area (Å²) in [6.45, 7) is 5.43. The van der Waals surface area contributed by atoms with Crippen molar-refractivity contribution in [1.82, 2.24) is 0 Å². The van der Waals surface area contributed by atoms with Gasteiger partial charge in [0.1, 0.15) is 11.7 Å². The van der Waals surface area contributed by atoms with Gasteiger partial charge in [-0.2, -0.15) is 0 Å². The summed E-state index contributed by atoms with van der Waals surface area (Å²) in [6, 6.07) is 0. The van der Waals surface area contributed by atoms with Crippen molar-refractivity contribution in [3.63, 3.8) is 0 Å². The van der Waals surface area contributed by atoms with Gasteiger partial charge in [0.05, 0.1) is 6.42 Å². The monoisotopic (exact) mass is 310 g/mol. The van der Waals surface area contributed by atoms with Gasteiger partial charge in [-0.25, -0.2) is 0 Å². The molecule has 0 spiro atoms. The fourth-order valence-corrected chi connectivity index (χ4v) is 3.08. The number of ether oxygens (including phenoxy) is 2. The molecule has 1 rings (SSSR count). The van der Waals surface area contributed by atoms with Crippen LogP contribution < -0.4 is 0 Å². The number of unbranched alkanes of at least 4 members (excludes halogenated alkanes) is 1. The third-order valence-electron chi connectivity index (χ3n) is 4.35. The van der Waals surface area contributed by atoms with E-state index >= 15 is 0 Å². The molecule has 0 aromatic carbocycles. The Bertz CT molecular complexity index is 381. The van der Waals surface area contributed by atoms with Gasteiger partial charge in [0.25, 0.3) is 0 Å². The molecule has 0 bridgehead atoms. The van der Waals surface area contributed by atoms with Gasteiger partial charge >= 0.3 is 11.9 Å². The van der Waals surface area contributed by atoms with Crippen LogP contribution in [0.25, 0.3) is 0 Å². The molecule has 1 aliphatic rings. The molecule has 1 fully saturated rings. The van der Waals surface area contributed by atoms with Crippen LogP contribution in [0.3, 0.4) is 0 Å². The Labute approximate surface area is 134 Å². The first-order valence-electron chi connectivity index (χ1n) is 8.51. The second-order valence-electron chi connectivity index (χ2n) is 6.15. The molecule has 1 atom stereocenters. The van der Waals surface area contributed by atoms with E-state index in [4.69, 9.17) is 9.47 Å². The first kappa shape index (κ1) is 18.7. The van der Waals surface area contributed by atoms with Gasteiger partial charge in [-0.15, -0.1) is 0 Å². The first-order chi connectivity index (χ1) is 10.5. The summed E-state index contributed by atoms with van der Waals surface area (Å²) in [5.41, 5.74) is -0.275. The molecule has 0 N–H and O–H groups in total. The Morgan fingerprint density at radius 1 is 1.27 bits per heavy atom. The van der Waals surface area contributed by atoms with E-state index in [0.717, 1.165) is 44.9 Å². The fourth-order valence-electron chi connectivity index (χ4n) is 3.08. The van der Waals surface area contributed by atoms with Gasteiger partial charge in [-0.05, 0) is 58.3 Å². The Kier molecular flexibility index (Phi) is 8.21. The lowest BCUT2D eigenvalue weighted by molar-refractivity contribution is -0.165. The molecule has 1 aliphatic carbocycles. The third kappa shape index (κ3) is 6.63. The number of carbonyl (C=O) groups excluding carboxylic acids is 2. The molecule has 22 heavy (non-hydrogen) atoms. The summed E-state index contributed by atoms with van der Waals surface area (Å²) >= 11 is 0. The first-order valence-corrected chi connectivity index (χ1v) is 8.51. The molecule has 0 saturated heterocycles. The van der Waals surface area contributed by atoms with Gasteiger partial charge < -0.3 is 9.47 Å². The van der Waals surface area contributed by atoms with Gasteiger partial charge in [-0.3, -0.25) is 9.59 Å².